The zero-order chi connectivity index (χ0) is 34.5. The van der Waals surface area contributed by atoms with Crippen LogP contribution >= 0.6 is 0 Å². The van der Waals surface area contributed by atoms with Crippen LogP contribution in [-0.4, -0.2) is 11.8 Å². The van der Waals surface area contributed by atoms with E-state index < -0.39 is 0 Å². The Morgan fingerprint density at radius 3 is 0.960 bits per heavy atom. The quantitative estimate of drug-likeness (QED) is 0.162. The smallest absolute Gasteiger partial charge is 0.255 e. The van der Waals surface area contributed by atoms with Gasteiger partial charge in [0, 0.05) is 45.8 Å². The van der Waals surface area contributed by atoms with E-state index in [0.717, 1.165) is 33.4 Å². The highest BCUT2D eigenvalue weighted by molar-refractivity contribution is 6.07. The van der Waals surface area contributed by atoms with E-state index in [2.05, 4.69) is 82.1 Å². The summed E-state index contributed by atoms with van der Waals surface area (Å²) in [5, 5.41) is 5.89. The number of hydrogen-bond donors (Lipinski definition) is 2. The second-order valence-corrected chi connectivity index (χ2v) is 12.3. The Balaban J connectivity index is 0.936. The van der Waals surface area contributed by atoms with Crippen LogP contribution in [0.15, 0.2) is 170 Å². The van der Waals surface area contributed by atoms with Crippen molar-refractivity contribution < 1.29 is 18.7 Å². The molecule has 6 heteroatoms. The lowest BCUT2D eigenvalue weighted by atomic mass is 9.98. The molecule has 0 atom stereocenters. The summed E-state index contributed by atoms with van der Waals surface area (Å²) >= 11 is 0. The van der Waals surface area contributed by atoms with E-state index in [9.17, 15) is 9.59 Å². The first kappa shape index (κ1) is 31.9. The zero-order valence-electron chi connectivity index (χ0n) is 27.9. The number of pyridine rings is 2. The Hall–Kier alpha value is -6.66. The topological polar surface area (TPSA) is 66.0 Å². The van der Waals surface area contributed by atoms with Crippen LogP contribution in [0.4, 0.5) is 11.4 Å². The lowest BCUT2D eigenvalue weighted by Gasteiger charge is -2.09. The minimum absolute atomic E-state index is 0.241. The fourth-order valence-corrected chi connectivity index (χ4v) is 5.90. The van der Waals surface area contributed by atoms with E-state index in [4.69, 9.17) is 0 Å². The second kappa shape index (κ2) is 14.2. The summed E-state index contributed by atoms with van der Waals surface area (Å²) in [6.45, 7) is 0. The van der Waals surface area contributed by atoms with Crippen molar-refractivity contribution in [3.05, 3.63) is 182 Å². The minimum Gasteiger partial charge on any atom is -0.322 e. The van der Waals surface area contributed by atoms with Crippen molar-refractivity contribution in [2.75, 3.05) is 10.6 Å². The van der Waals surface area contributed by atoms with Crippen molar-refractivity contribution in [2.24, 2.45) is 14.1 Å². The van der Waals surface area contributed by atoms with E-state index in [1.807, 2.05) is 97.9 Å². The lowest BCUT2D eigenvalue weighted by molar-refractivity contribution is -0.671. The van der Waals surface area contributed by atoms with Crippen LogP contribution in [0, 0.1) is 0 Å². The number of nitrogens with one attached hydrogen (secondary N) is 2. The fourth-order valence-electron chi connectivity index (χ4n) is 5.90. The number of rotatable bonds is 8. The van der Waals surface area contributed by atoms with Crippen molar-refractivity contribution in [3.8, 4) is 44.5 Å². The van der Waals surface area contributed by atoms with Crippen molar-refractivity contribution >= 4 is 23.2 Å². The molecule has 7 rings (SSSR count). The van der Waals surface area contributed by atoms with Crippen LogP contribution in [0.3, 0.4) is 0 Å². The first-order chi connectivity index (χ1) is 24.4. The predicted octanol–water partition coefficient (Wildman–Crippen LogP) is 8.51. The molecule has 7 aromatic rings. The summed E-state index contributed by atoms with van der Waals surface area (Å²) in [6.07, 6.45) is 8.18. The van der Waals surface area contributed by atoms with Gasteiger partial charge in [0.05, 0.1) is 0 Å². The minimum atomic E-state index is -0.244. The van der Waals surface area contributed by atoms with Gasteiger partial charge in [0.15, 0.2) is 24.8 Å². The highest BCUT2D eigenvalue weighted by Crippen LogP contribution is 2.28. The maximum absolute atomic E-state index is 13.0. The highest BCUT2D eigenvalue weighted by atomic mass is 16.2. The van der Waals surface area contributed by atoms with E-state index in [-0.39, 0.29) is 11.8 Å². The average Bonchev–Trinajstić information content (AvgIpc) is 3.16. The van der Waals surface area contributed by atoms with Crippen molar-refractivity contribution in [1.82, 2.24) is 0 Å². The fraction of sp³-hybridized carbons (Fsp3) is 0.0455. The van der Waals surface area contributed by atoms with Crippen molar-refractivity contribution in [2.45, 2.75) is 0 Å². The Morgan fingerprint density at radius 1 is 0.380 bits per heavy atom. The molecule has 2 amide bonds. The molecule has 50 heavy (non-hydrogen) atoms. The highest BCUT2D eigenvalue weighted by Gasteiger charge is 2.11. The molecule has 5 aromatic carbocycles. The number of aromatic nitrogens is 2. The second-order valence-electron chi connectivity index (χ2n) is 12.3. The Kier molecular flexibility index (Phi) is 9.08. The van der Waals surface area contributed by atoms with Crippen molar-refractivity contribution in [1.29, 1.82) is 0 Å². The third-order valence-corrected chi connectivity index (χ3v) is 8.68. The van der Waals surface area contributed by atoms with Gasteiger partial charge in [-0.2, -0.15) is 0 Å². The zero-order valence-corrected chi connectivity index (χ0v) is 27.9. The van der Waals surface area contributed by atoms with Gasteiger partial charge in [-0.25, -0.2) is 9.13 Å². The Labute approximate surface area is 292 Å². The SMILES string of the molecule is C[n+]1cccc(-c2ccc(NC(=O)c3ccc(C(=O)Nc4ccc(-c5ccc(-c6ccc(-c7ccc[n+](C)c7)cc6)cc5)cc4)cc3)cc2)c1. The molecule has 0 saturated heterocycles. The molecule has 0 aliphatic carbocycles. The molecule has 0 aliphatic heterocycles. The first-order valence-electron chi connectivity index (χ1n) is 16.4. The molecule has 6 nitrogen and oxygen atoms in total. The molecule has 0 bridgehead atoms. The van der Waals surface area contributed by atoms with Gasteiger partial charge in [0.1, 0.15) is 14.1 Å². The Bertz CT molecular complexity index is 2280. The summed E-state index contributed by atoms with van der Waals surface area (Å²) < 4.78 is 4.05. The molecule has 2 aromatic heterocycles. The molecule has 2 N–H and O–H groups in total. The molecular weight excluding hydrogens is 617 g/mol. The summed E-state index contributed by atoms with van der Waals surface area (Å²) in [4.78, 5) is 25.9. The summed E-state index contributed by atoms with van der Waals surface area (Å²) in [7, 11) is 4.01. The largest absolute Gasteiger partial charge is 0.322 e. The number of amides is 2. The standard InChI is InChI=1S/C44H34N4O2/c1-47-27-3-5-39(29-47)35-13-11-32(12-14-35)31-7-9-33(10-8-31)34-19-23-41(24-20-34)45-43(49)37-15-17-38(18-16-37)44(50)46-42-25-21-36(22-26-42)40-6-4-28-48(2)30-40/h3-30H,1-2H3/p+2. The first-order valence-corrected chi connectivity index (χ1v) is 16.4. The van der Waals surface area contributed by atoms with Gasteiger partial charge in [-0.3, -0.25) is 9.59 Å². The molecule has 2 heterocycles. The van der Waals surface area contributed by atoms with Gasteiger partial charge < -0.3 is 10.6 Å². The molecule has 0 fully saturated rings. The normalized spacial score (nSPS) is 10.8. The van der Waals surface area contributed by atoms with E-state index in [1.54, 1.807) is 24.3 Å². The van der Waals surface area contributed by atoms with Gasteiger partial charge in [-0.1, -0.05) is 72.8 Å². The third kappa shape index (κ3) is 7.40. The van der Waals surface area contributed by atoms with E-state index >= 15 is 0 Å². The lowest BCUT2D eigenvalue weighted by Crippen LogP contribution is -2.26. The number of carbonyl (C=O) groups is 2. The number of hydrogen-bond acceptors (Lipinski definition) is 2. The summed E-state index contributed by atoms with van der Waals surface area (Å²) in [6, 6.07) is 47.5. The number of carbonyl (C=O) groups excluding carboxylic acids is 2. The van der Waals surface area contributed by atoms with Crippen molar-refractivity contribution in [3.63, 3.8) is 0 Å². The van der Waals surface area contributed by atoms with Gasteiger partial charge in [-0.05, 0) is 94.0 Å². The van der Waals surface area contributed by atoms with Crippen LogP contribution in [0.25, 0.3) is 44.5 Å². The predicted molar refractivity (Wildman–Crippen MR) is 199 cm³/mol. The molecule has 0 saturated carbocycles. The van der Waals surface area contributed by atoms with Gasteiger partial charge in [0.25, 0.3) is 11.8 Å². The Morgan fingerprint density at radius 2 is 0.660 bits per heavy atom. The third-order valence-electron chi connectivity index (χ3n) is 8.68. The van der Waals surface area contributed by atoms with Crippen LogP contribution in [0.2, 0.25) is 0 Å². The number of nitrogens with zero attached hydrogens (tertiary/aromatic N) is 2. The van der Waals surface area contributed by atoms with Gasteiger partial charge in [0.2, 0.25) is 0 Å². The van der Waals surface area contributed by atoms with Crippen LogP contribution in [0.1, 0.15) is 20.7 Å². The molecular formula is C44H36N4O2+2. The molecule has 0 radical (unpaired) electrons. The van der Waals surface area contributed by atoms with Crippen LogP contribution < -0.4 is 19.8 Å². The number of anilines is 2. The van der Waals surface area contributed by atoms with E-state index in [0.29, 0.717) is 22.5 Å². The molecule has 0 aliphatic rings. The summed E-state index contributed by atoms with van der Waals surface area (Å²) in [5.74, 6) is -0.485. The maximum Gasteiger partial charge on any atom is 0.255 e. The molecule has 0 spiro atoms. The van der Waals surface area contributed by atoms with Crippen LogP contribution in [-0.2, 0) is 14.1 Å². The van der Waals surface area contributed by atoms with Gasteiger partial charge in [-0.15, -0.1) is 0 Å². The maximum atomic E-state index is 13.0. The monoisotopic (exact) mass is 652 g/mol. The molecule has 242 valence electrons. The van der Waals surface area contributed by atoms with Gasteiger partial charge >= 0.3 is 0 Å². The number of aryl methyl sites for hydroxylation is 2. The van der Waals surface area contributed by atoms with E-state index in [1.165, 1.54) is 11.1 Å². The number of benzene rings is 5. The summed E-state index contributed by atoms with van der Waals surface area (Å²) in [5.41, 5.74) is 11.3. The van der Waals surface area contributed by atoms with Crippen LogP contribution in [0.5, 0.6) is 0 Å². The molecule has 0 unspecified atom stereocenters. The average molecular weight is 653 g/mol.